The summed E-state index contributed by atoms with van der Waals surface area (Å²) in [6, 6.07) is 7.28. The SMILES string of the molecule is C[C@H]1[C@H](O)[C@H](O)C(Cc2ccc(CC3O[C@H](CO)[C@@H](O)[C@H](O)[C@@H]3O)cc2)O[C@@H]1CO. The van der Waals surface area contributed by atoms with Gasteiger partial charge in [-0.3, -0.25) is 0 Å². The fourth-order valence-corrected chi connectivity index (χ4v) is 4.18. The Kier molecular flexibility index (Phi) is 7.83. The molecule has 170 valence electrons. The van der Waals surface area contributed by atoms with Crippen molar-refractivity contribution in [2.75, 3.05) is 13.2 Å². The number of hydrogen-bond acceptors (Lipinski definition) is 9. The van der Waals surface area contributed by atoms with E-state index in [1.807, 2.05) is 24.3 Å². The molecule has 2 fully saturated rings. The first-order valence-corrected chi connectivity index (χ1v) is 10.3. The van der Waals surface area contributed by atoms with Crippen molar-refractivity contribution in [1.29, 1.82) is 0 Å². The maximum absolute atomic E-state index is 10.3. The molecule has 0 aliphatic carbocycles. The maximum atomic E-state index is 10.3. The van der Waals surface area contributed by atoms with Crippen LogP contribution in [0, 0.1) is 5.92 Å². The monoisotopic (exact) mass is 428 g/mol. The topological polar surface area (TPSA) is 160 Å². The highest BCUT2D eigenvalue weighted by molar-refractivity contribution is 5.24. The number of benzene rings is 1. The Bertz CT molecular complexity index is 608. The number of ether oxygens (including phenoxy) is 2. The molecular formula is C21H32O9. The second kappa shape index (κ2) is 9.99. The molecule has 0 amide bonds. The van der Waals surface area contributed by atoms with Gasteiger partial charge in [0.2, 0.25) is 0 Å². The maximum Gasteiger partial charge on any atom is 0.111 e. The van der Waals surface area contributed by atoms with E-state index < -0.39 is 61.5 Å². The molecule has 2 saturated heterocycles. The zero-order valence-corrected chi connectivity index (χ0v) is 16.9. The molecule has 0 bridgehead atoms. The molecule has 0 saturated carbocycles. The molecule has 2 aliphatic rings. The first kappa shape index (κ1) is 23.5. The minimum Gasteiger partial charge on any atom is -0.394 e. The summed E-state index contributed by atoms with van der Waals surface area (Å²) in [6.07, 6.45) is -8.40. The summed E-state index contributed by atoms with van der Waals surface area (Å²) in [5, 5.41) is 69.2. The molecule has 2 unspecified atom stereocenters. The van der Waals surface area contributed by atoms with Gasteiger partial charge in [0, 0.05) is 18.8 Å². The van der Waals surface area contributed by atoms with E-state index in [-0.39, 0.29) is 18.9 Å². The van der Waals surface area contributed by atoms with Gasteiger partial charge in [-0.2, -0.15) is 0 Å². The van der Waals surface area contributed by atoms with Crippen LogP contribution in [0.25, 0.3) is 0 Å². The van der Waals surface area contributed by atoms with Gasteiger partial charge in [-0.15, -0.1) is 0 Å². The van der Waals surface area contributed by atoms with Crippen LogP contribution in [0.15, 0.2) is 24.3 Å². The second-order valence-electron chi connectivity index (χ2n) is 8.33. The Labute approximate surface area is 175 Å². The average molecular weight is 428 g/mol. The van der Waals surface area contributed by atoms with E-state index in [2.05, 4.69) is 0 Å². The van der Waals surface area contributed by atoms with Crippen molar-refractivity contribution in [3.05, 3.63) is 35.4 Å². The standard InChI is InChI=1S/C21H32O9/c1-10-15(8-22)29-13(18(25)17(10)24)6-11-2-4-12(5-3-11)7-14-19(26)21(28)20(27)16(9-23)30-14/h2-5,10,13-28H,6-9H2,1H3/t10-,13?,14?,15-,16-,17+,18-,19-,20-,21-/m1/s1. The highest BCUT2D eigenvalue weighted by atomic mass is 16.5. The number of aliphatic hydroxyl groups excluding tert-OH is 7. The lowest BCUT2D eigenvalue weighted by atomic mass is 9.86. The van der Waals surface area contributed by atoms with Crippen molar-refractivity contribution in [3.63, 3.8) is 0 Å². The van der Waals surface area contributed by atoms with Crippen LogP contribution in [0.4, 0.5) is 0 Å². The van der Waals surface area contributed by atoms with Crippen LogP contribution < -0.4 is 0 Å². The Balaban J connectivity index is 1.62. The van der Waals surface area contributed by atoms with Gasteiger partial charge >= 0.3 is 0 Å². The smallest absolute Gasteiger partial charge is 0.111 e. The lowest BCUT2D eigenvalue weighted by Gasteiger charge is -2.41. The lowest BCUT2D eigenvalue weighted by molar-refractivity contribution is -0.228. The van der Waals surface area contributed by atoms with Gasteiger partial charge < -0.3 is 45.2 Å². The molecule has 3 rings (SSSR count). The Morgan fingerprint density at radius 3 is 1.47 bits per heavy atom. The number of hydrogen-bond donors (Lipinski definition) is 7. The van der Waals surface area contributed by atoms with E-state index in [0.29, 0.717) is 6.42 Å². The summed E-state index contributed by atoms with van der Waals surface area (Å²) in [4.78, 5) is 0. The summed E-state index contributed by atoms with van der Waals surface area (Å²) in [5.41, 5.74) is 1.67. The molecule has 0 spiro atoms. The molecule has 2 aliphatic heterocycles. The van der Waals surface area contributed by atoms with Crippen LogP contribution >= 0.6 is 0 Å². The molecule has 10 atom stereocenters. The van der Waals surface area contributed by atoms with Gasteiger partial charge in [-0.25, -0.2) is 0 Å². The van der Waals surface area contributed by atoms with Gasteiger partial charge in [0.25, 0.3) is 0 Å². The molecular weight excluding hydrogens is 396 g/mol. The predicted octanol–water partition coefficient (Wildman–Crippen LogP) is -2.27. The van der Waals surface area contributed by atoms with Crippen molar-refractivity contribution in [1.82, 2.24) is 0 Å². The Morgan fingerprint density at radius 2 is 1.00 bits per heavy atom. The minimum atomic E-state index is -1.40. The van der Waals surface area contributed by atoms with Gasteiger partial charge in [0.05, 0.1) is 37.6 Å². The van der Waals surface area contributed by atoms with Crippen molar-refractivity contribution in [2.45, 2.75) is 74.7 Å². The van der Waals surface area contributed by atoms with Crippen LogP contribution in [-0.4, -0.2) is 104 Å². The van der Waals surface area contributed by atoms with E-state index in [0.717, 1.165) is 11.1 Å². The van der Waals surface area contributed by atoms with E-state index in [1.165, 1.54) is 0 Å². The molecule has 7 N–H and O–H groups in total. The zero-order valence-electron chi connectivity index (χ0n) is 16.9. The van der Waals surface area contributed by atoms with E-state index in [1.54, 1.807) is 6.92 Å². The van der Waals surface area contributed by atoms with Gasteiger partial charge in [0.15, 0.2) is 0 Å². The first-order chi connectivity index (χ1) is 14.3. The third kappa shape index (κ3) is 4.85. The van der Waals surface area contributed by atoms with Crippen molar-refractivity contribution in [3.8, 4) is 0 Å². The minimum absolute atomic E-state index is 0.237. The lowest BCUT2D eigenvalue weighted by Crippen LogP contribution is -2.59. The van der Waals surface area contributed by atoms with Crippen molar-refractivity contribution >= 4 is 0 Å². The summed E-state index contributed by atoms with van der Waals surface area (Å²) >= 11 is 0. The molecule has 30 heavy (non-hydrogen) atoms. The van der Waals surface area contributed by atoms with Crippen LogP contribution in [0.3, 0.4) is 0 Å². The summed E-state index contributed by atoms with van der Waals surface area (Å²) in [5.74, 6) is -0.373. The molecule has 2 heterocycles. The third-order valence-electron chi connectivity index (χ3n) is 6.27. The van der Waals surface area contributed by atoms with Crippen LogP contribution in [-0.2, 0) is 22.3 Å². The second-order valence-corrected chi connectivity index (χ2v) is 8.33. The summed E-state index contributed by atoms with van der Waals surface area (Å²) in [7, 11) is 0. The molecule has 1 aromatic carbocycles. The van der Waals surface area contributed by atoms with E-state index in [4.69, 9.17) is 9.47 Å². The molecule has 9 nitrogen and oxygen atoms in total. The van der Waals surface area contributed by atoms with Gasteiger partial charge in [-0.05, 0) is 11.1 Å². The first-order valence-electron chi connectivity index (χ1n) is 10.3. The van der Waals surface area contributed by atoms with Gasteiger partial charge in [-0.1, -0.05) is 31.2 Å². The van der Waals surface area contributed by atoms with Crippen LogP contribution in [0.1, 0.15) is 18.1 Å². The molecule has 9 heteroatoms. The average Bonchev–Trinajstić information content (AvgIpc) is 2.75. The highest BCUT2D eigenvalue weighted by Gasteiger charge is 2.43. The summed E-state index contributed by atoms with van der Waals surface area (Å²) < 4.78 is 11.3. The van der Waals surface area contributed by atoms with E-state index >= 15 is 0 Å². The predicted molar refractivity (Wildman–Crippen MR) is 105 cm³/mol. The zero-order chi connectivity index (χ0) is 22.0. The normalized spacial score (nSPS) is 42.3. The van der Waals surface area contributed by atoms with Crippen LogP contribution in [0.2, 0.25) is 0 Å². The Morgan fingerprint density at radius 1 is 0.600 bits per heavy atom. The molecule has 0 aromatic heterocycles. The largest absolute Gasteiger partial charge is 0.394 e. The summed E-state index contributed by atoms with van der Waals surface area (Å²) in [6.45, 7) is 1.02. The van der Waals surface area contributed by atoms with Gasteiger partial charge in [0.1, 0.15) is 30.5 Å². The van der Waals surface area contributed by atoms with E-state index in [9.17, 15) is 35.7 Å². The highest BCUT2D eigenvalue weighted by Crippen LogP contribution is 2.28. The molecule has 0 radical (unpaired) electrons. The third-order valence-corrected chi connectivity index (χ3v) is 6.27. The number of aliphatic hydroxyl groups is 7. The molecule has 1 aromatic rings. The van der Waals surface area contributed by atoms with Crippen molar-refractivity contribution < 1.29 is 45.2 Å². The fraction of sp³-hybridized carbons (Fsp3) is 0.714. The number of rotatable bonds is 6. The van der Waals surface area contributed by atoms with Crippen LogP contribution in [0.5, 0.6) is 0 Å². The quantitative estimate of drug-likeness (QED) is 0.265. The fourth-order valence-electron chi connectivity index (χ4n) is 4.18. The Hall–Kier alpha value is -1.14. The van der Waals surface area contributed by atoms with Crippen molar-refractivity contribution in [2.24, 2.45) is 5.92 Å².